The van der Waals surface area contributed by atoms with Crippen molar-refractivity contribution in [2.75, 3.05) is 33.2 Å². The molecule has 142 valence electrons. The van der Waals surface area contributed by atoms with Crippen molar-refractivity contribution in [1.29, 1.82) is 0 Å². The van der Waals surface area contributed by atoms with Crippen molar-refractivity contribution in [2.45, 2.75) is 38.6 Å². The van der Waals surface area contributed by atoms with Gasteiger partial charge in [0.15, 0.2) is 0 Å². The molecule has 1 aromatic rings. The molecule has 1 atom stereocenters. The first-order chi connectivity index (χ1) is 11.6. The van der Waals surface area contributed by atoms with Gasteiger partial charge in [-0.05, 0) is 76.0 Å². The molecule has 2 rings (SSSR count). The normalized spacial score (nSPS) is 16.9. The van der Waals surface area contributed by atoms with Crippen LogP contribution in [-0.4, -0.2) is 44.0 Å². The van der Waals surface area contributed by atoms with Gasteiger partial charge >= 0.3 is 0 Å². The van der Waals surface area contributed by atoms with Crippen LogP contribution in [0.2, 0.25) is 5.02 Å². The first-order valence-electron chi connectivity index (χ1n) is 9.04. The fourth-order valence-electron chi connectivity index (χ4n) is 3.34. The predicted molar refractivity (Wildman–Crippen MR) is 108 cm³/mol. The number of carbonyl (C=O) groups excluding carboxylic acids is 1. The van der Waals surface area contributed by atoms with Crippen molar-refractivity contribution in [3.05, 3.63) is 34.9 Å². The summed E-state index contributed by atoms with van der Waals surface area (Å²) in [6.45, 7) is 5.74. The number of nitrogens with zero attached hydrogens (tertiary/aromatic N) is 1. The van der Waals surface area contributed by atoms with Gasteiger partial charge in [-0.2, -0.15) is 0 Å². The Hall–Kier alpha value is -0.810. The zero-order valence-corrected chi connectivity index (χ0v) is 16.8. The minimum absolute atomic E-state index is 0. The molecule has 1 unspecified atom stereocenters. The van der Waals surface area contributed by atoms with Gasteiger partial charge in [-0.15, -0.1) is 12.4 Å². The van der Waals surface area contributed by atoms with Gasteiger partial charge in [0.1, 0.15) is 0 Å². The Morgan fingerprint density at radius 2 is 1.92 bits per heavy atom. The number of piperidine rings is 1. The molecule has 2 N–H and O–H groups in total. The van der Waals surface area contributed by atoms with E-state index < -0.39 is 0 Å². The molecule has 1 saturated heterocycles. The first-order valence-corrected chi connectivity index (χ1v) is 9.42. The fraction of sp³-hybridized carbons (Fsp3) is 0.632. The summed E-state index contributed by atoms with van der Waals surface area (Å²) in [5, 5.41) is 7.10. The van der Waals surface area contributed by atoms with Crippen molar-refractivity contribution >= 4 is 29.9 Å². The third kappa shape index (κ3) is 7.53. The lowest BCUT2D eigenvalue weighted by Gasteiger charge is -2.32. The third-order valence-corrected chi connectivity index (χ3v) is 5.14. The number of hydrogen-bond donors (Lipinski definition) is 2. The van der Waals surface area contributed by atoms with Gasteiger partial charge < -0.3 is 10.6 Å². The van der Waals surface area contributed by atoms with Gasteiger partial charge in [-0.3, -0.25) is 9.69 Å². The van der Waals surface area contributed by atoms with E-state index in [4.69, 9.17) is 11.6 Å². The summed E-state index contributed by atoms with van der Waals surface area (Å²) in [7, 11) is 2.00. The molecule has 0 radical (unpaired) electrons. The summed E-state index contributed by atoms with van der Waals surface area (Å²) >= 11 is 5.94. The molecule has 6 heteroatoms. The summed E-state index contributed by atoms with van der Waals surface area (Å²) in [6, 6.07) is 7.79. The predicted octanol–water partition coefficient (Wildman–Crippen LogP) is 3.65. The Bertz CT molecular complexity index is 502. The largest absolute Gasteiger partial charge is 0.348 e. The maximum Gasteiger partial charge on any atom is 0.234 e. The van der Waals surface area contributed by atoms with Crippen LogP contribution in [0.1, 0.15) is 44.2 Å². The number of likely N-dealkylation sites (tertiary alicyclic amines) is 1. The lowest BCUT2D eigenvalue weighted by Crippen LogP contribution is -2.42. The SMILES string of the molecule is CCC(NC(=O)CN1CCC(CCNC)CC1)c1ccc(Cl)cc1.Cl. The standard InChI is InChI=1S/C19H30ClN3O.ClH/c1-3-18(16-4-6-17(20)7-5-16)22-19(24)14-23-12-9-15(10-13-23)8-11-21-2;/h4-7,15,18,21H,3,8-14H2,1-2H3,(H,22,24);1H. The Kier molecular flexibility index (Phi) is 10.4. The first kappa shape index (κ1) is 22.2. The van der Waals surface area contributed by atoms with E-state index in [0.717, 1.165) is 42.6 Å². The van der Waals surface area contributed by atoms with Crippen LogP contribution >= 0.6 is 24.0 Å². The summed E-state index contributed by atoms with van der Waals surface area (Å²) in [4.78, 5) is 14.7. The monoisotopic (exact) mass is 387 g/mol. The molecule has 4 nitrogen and oxygen atoms in total. The molecule has 0 bridgehead atoms. The van der Waals surface area contributed by atoms with E-state index in [-0.39, 0.29) is 24.4 Å². The van der Waals surface area contributed by atoms with Crippen LogP contribution in [-0.2, 0) is 4.79 Å². The second kappa shape index (κ2) is 11.7. The van der Waals surface area contributed by atoms with Crippen LogP contribution in [0, 0.1) is 5.92 Å². The Labute approximate surface area is 163 Å². The lowest BCUT2D eigenvalue weighted by atomic mass is 9.93. The molecule has 1 fully saturated rings. The van der Waals surface area contributed by atoms with Crippen molar-refractivity contribution in [2.24, 2.45) is 5.92 Å². The smallest absolute Gasteiger partial charge is 0.234 e. The van der Waals surface area contributed by atoms with Crippen LogP contribution in [0.25, 0.3) is 0 Å². The molecule has 0 aromatic heterocycles. The number of carbonyl (C=O) groups is 1. The highest BCUT2D eigenvalue weighted by molar-refractivity contribution is 6.30. The van der Waals surface area contributed by atoms with Crippen LogP contribution < -0.4 is 10.6 Å². The van der Waals surface area contributed by atoms with E-state index in [1.165, 1.54) is 19.3 Å². The van der Waals surface area contributed by atoms with Crippen LogP contribution in [0.15, 0.2) is 24.3 Å². The maximum absolute atomic E-state index is 12.4. The average Bonchev–Trinajstić information content (AvgIpc) is 2.60. The van der Waals surface area contributed by atoms with E-state index in [1.807, 2.05) is 31.3 Å². The molecule has 1 amide bonds. The quantitative estimate of drug-likeness (QED) is 0.715. The summed E-state index contributed by atoms with van der Waals surface area (Å²) in [6.07, 6.45) is 4.51. The zero-order valence-electron chi connectivity index (χ0n) is 15.3. The van der Waals surface area contributed by atoms with Crippen LogP contribution in [0.4, 0.5) is 0 Å². The Balaban J connectivity index is 0.00000312. The van der Waals surface area contributed by atoms with E-state index in [1.54, 1.807) is 0 Å². The molecular weight excluding hydrogens is 357 g/mol. The van der Waals surface area contributed by atoms with Crippen molar-refractivity contribution in [1.82, 2.24) is 15.5 Å². The number of rotatable bonds is 8. The molecule has 0 spiro atoms. The van der Waals surface area contributed by atoms with E-state index in [0.29, 0.717) is 6.54 Å². The topological polar surface area (TPSA) is 44.4 Å². The average molecular weight is 388 g/mol. The third-order valence-electron chi connectivity index (χ3n) is 4.89. The minimum Gasteiger partial charge on any atom is -0.348 e. The van der Waals surface area contributed by atoms with Crippen molar-refractivity contribution in [3.8, 4) is 0 Å². The molecule has 1 aliphatic rings. The highest BCUT2D eigenvalue weighted by Crippen LogP contribution is 2.21. The van der Waals surface area contributed by atoms with Gasteiger partial charge in [0.2, 0.25) is 5.91 Å². The highest BCUT2D eigenvalue weighted by Gasteiger charge is 2.21. The molecule has 1 heterocycles. The highest BCUT2D eigenvalue weighted by atomic mass is 35.5. The van der Waals surface area contributed by atoms with Crippen molar-refractivity contribution in [3.63, 3.8) is 0 Å². The molecule has 0 saturated carbocycles. The minimum atomic E-state index is 0. The van der Waals surface area contributed by atoms with Gasteiger partial charge in [0.25, 0.3) is 0 Å². The van der Waals surface area contributed by atoms with Crippen LogP contribution in [0.5, 0.6) is 0 Å². The summed E-state index contributed by atoms with van der Waals surface area (Å²) in [5.74, 6) is 0.916. The van der Waals surface area contributed by atoms with E-state index >= 15 is 0 Å². The number of nitrogens with one attached hydrogen (secondary N) is 2. The number of benzene rings is 1. The maximum atomic E-state index is 12.4. The molecule has 25 heavy (non-hydrogen) atoms. The zero-order chi connectivity index (χ0) is 17.4. The molecule has 1 aromatic carbocycles. The lowest BCUT2D eigenvalue weighted by molar-refractivity contribution is -0.123. The van der Waals surface area contributed by atoms with E-state index in [2.05, 4.69) is 22.5 Å². The summed E-state index contributed by atoms with van der Waals surface area (Å²) in [5.41, 5.74) is 1.11. The van der Waals surface area contributed by atoms with Gasteiger partial charge in [-0.25, -0.2) is 0 Å². The van der Waals surface area contributed by atoms with Gasteiger partial charge in [-0.1, -0.05) is 30.7 Å². The van der Waals surface area contributed by atoms with Crippen LogP contribution in [0.3, 0.4) is 0 Å². The number of halogens is 2. The Morgan fingerprint density at radius 1 is 1.28 bits per heavy atom. The summed E-state index contributed by atoms with van der Waals surface area (Å²) < 4.78 is 0. The second-order valence-electron chi connectivity index (χ2n) is 6.69. The fourth-order valence-corrected chi connectivity index (χ4v) is 3.47. The molecular formula is C19H31Cl2N3O. The number of hydrogen-bond acceptors (Lipinski definition) is 3. The molecule has 0 aliphatic carbocycles. The second-order valence-corrected chi connectivity index (χ2v) is 7.13. The molecule has 1 aliphatic heterocycles. The number of amides is 1. The van der Waals surface area contributed by atoms with Crippen molar-refractivity contribution < 1.29 is 4.79 Å². The van der Waals surface area contributed by atoms with Gasteiger partial charge in [0, 0.05) is 5.02 Å². The Morgan fingerprint density at radius 3 is 2.48 bits per heavy atom. The van der Waals surface area contributed by atoms with Gasteiger partial charge in [0.05, 0.1) is 12.6 Å². The van der Waals surface area contributed by atoms with E-state index in [9.17, 15) is 4.79 Å².